The number of methoxy groups -OCH3 is 1. The molecule has 0 bridgehead atoms. The maximum absolute atomic E-state index is 13.4. The summed E-state index contributed by atoms with van der Waals surface area (Å²) in [6.07, 6.45) is 2.58. The Morgan fingerprint density at radius 1 is 1.15 bits per heavy atom. The van der Waals surface area contributed by atoms with Crippen molar-refractivity contribution in [2.45, 2.75) is 30.2 Å². The van der Waals surface area contributed by atoms with Crippen molar-refractivity contribution in [2.24, 2.45) is 0 Å². The number of para-hydroxylation sites is 2. The summed E-state index contributed by atoms with van der Waals surface area (Å²) in [6.45, 7) is 0.476. The van der Waals surface area contributed by atoms with E-state index in [-0.39, 0.29) is 23.4 Å². The fourth-order valence-electron chi connectivity index (χ4n) is 4.35. The van der Waals surface area contributed by atoms with E-state index in [0.29, 0.717) is 30.1 Å². The Balaban J connectivity index is 1.71. The summed E-state index contributed by atoms with van der Waals surface area (Å²) in [4.78, 5) is 29.9. The molecule has 0 aliphatic carbocycles. The molecule has 0 spiro atoms. The van der Waals surface area contributed by atoms with Gasteiger partial charge in [0.1, 0.15) is 18.3 Å². The van der Waals surface area contributed by atoms with E-state index < -0.39 is 15.9 Å². The highest BCUT2D eigenvalue weighted by molar-refractivity contribution is 7.89. The van der Waals surface area contributed by atoms with Gasteiger partial charge in [-0.15, -0.1) is 0 Å². The first-order valence-corrected chi connectivity index (χ1v) is 12.3. The van der Waals surface area contributed by atoms with Crippen LogP contribution in [0.5, 0.6) is 5.75 Å². The number of fused-ring (bicyclic) bond motifs is 3. The Kier molecular flexibility index (Phi) is 6.31. The van der Waals surface area contributed by atoms with E-state index in [0.717, 1.165) is 22.8 Å². The van der Waals surface area contributed by atoms with Crippen molar-refractivity contribution in [3.63, 3.8) is 0 Å². The van der Waals surface area contributed by atoms with Crippen molar-refractivity contribution in [1.29, 1.82) is 0 Å². The fourth-order valence-corrected chi connectivity index (χ4v) is 5.28. The van der Waals surface area contributed by atoms with Gasteiger partial charge >= 0.3 is 0 Å². The minimum absolute atomic E-state index is 0.0737. The molecule has 33 heavy (non-hydrogen) atoms. The zero-order valence-corrected chi connectivity index (χ0v) is 19.8. The van der Waals surface area contributed by atoms with Gasteiger partial charge in [-0.25, -0.2) is 12.7 Å². The van der Waals surface area contributed by atoms with Crippen molar-refractivity contribution in [1.82, 2.24) is 4.31 Å². The van der Waals surface area contributed by atoms with Crippen LogP contribution in [0.3, 0.4) is 0 Å². The smallest absolute Gasteiger partial charge is 0.250 e. The molecule has 0 radical (unpaired) electrons. The Morgan fingerprint density at radius 2 is 1.91 bits per heavy atom. The molecule has 2 amide bonds. The van der Waals surface area contributed by atoms with Gasteiger partial charge in [-0.3, -0.25) is 14.5 Å². The van der Waals surface area contributed by atoms with Crippen molar-refractivity contribution >= 4 is 38.9 Å². The predicted octanol–water partition coefficient (Wildman–Crippen LogP) is 2.29. The summed E-state index contributed by atoms with van der Waals surface area (Å²) < 4.78 is 31.9. The summed E-state index contributed by atoms with van der Waals surface area (Å²) in [7, 11) is 0.722. The molecule has 1 saturated heterocycles. The molecule has 2 heterocycles. The number of carbonyl (C=O) groups excluding carboxylic acids is 2. The van der Waals surface area contributed by atoms with Crippen molar-refractivity contribution in [3.8, 4) is 5.75 Å². The molecule has 0 aromatic heterocycles. The zero-order chi connectivity index (χ0) is 23.8. The number of nitrogens with one attached hydrogen (secondary N) is 1. The Morgan fingerprint density at radius 3 is 2.64 bits per heavy atom. The summed E-state index contributed by atoms with van der Waals surface area (Å²) in [5.74, 6) is -0.0882. The van der Waals surface area contributed by atoms with E-state index in [1.165, 1.54) is 32.2 Å². The second-order valence-electron chi connectivity index (χ2n) is 8.32. The van der Waals surface area contributed by atoms with Crippen LogP contribution < -0.4 is 19.9 Å². The van der Waals surface area contributed by atoms with E-state index in [9.17, 15) is 18.0 Å². The highest BCUT2D eigenvalue weighted by atomic mass is 32.2. The van der Waals surface area contributed by atoms with E-state index in [1.54, 1.807) is 36.4 Å². The van der Waals surface area contributed by atoms with Gasteiger partial charge in [0.15, 0.2) is 0 Å². The third-order valence-electron chi connectivity index (χ3n) is 6.06. The average molecular weight is 473 g/mol. The van der Waals surface area contributed by atoms with Gasteiger partial charge in [0.25, 0.3) is 0 Å². The van der Waals surface area contributed by atoms with Crippen molar-refractivity contribution in [2.75, 3.05) is 49.4 Å². The molecule has 1 N–H and O–H groups in total. The van der Waals surface area contributed by atoms with Crippen LogP contribution in [0, 0.1) is 0 Å². The third-order valence-corrected chi connectivity index (χ3v) is 7.87. The molecule has 2 aromatic rings. The van der Waals surface area contributed by atoms with Crippen LogP contribution in [0.1, 0.15) is 19.3 Å². The molecule has 176 valence electrons. The van der Waals surface area contributed by atoms with Gasteiger partial charge in [0, 0.05) is 20.6 Å². The first-order chi connectivity index (χ1) is 15.7. The lowest BCUT2D eigenvalue weighted by molar-refractivity contribution is -0.123. The first kappa shape index (κ1) is 23.1. The number of carbonyl (C=O) groups is 2. The summed E-state index contributed by atoms with van der Waals surface area (Å²) in [5.41, 5.74) is 1.69. The van der Waals surface area contributed by atoms with Crippen molar-refractivity contribution < 1.29 is 22.7 Å². The monoisotopic (exact) mass is 472 g/mol. The molecule has 4 rings (SSSR count). The molecule has 1 atom stereocenters. The zero-order valence-electron chi connectivity index (χ0n) is 18.9. The second-order valence-corrected chi connectivity index (χ2v) is 10.5. The summed E-state index contributed by atoms with van der Waals surface area (Å²) in [5, 5.41) is 2.80. The number of benzene rings is 2. The standard InChI is InChI=1S/C23H28N4O5S/c1-25(2)33(30,31)16-11-12-18-20(14-16)27(23(29)19-9-6-7-13-26(18)19)15-22(28)24-17-8-4-5-10-21(17)32-3/h4-5,8,10-12,14,19H,6-7,9,13,15H2,1-3H3,(H,24,28). The number of hydrogen-bond acceptors (Lipinski definition) is 6. The van der Waals surface area contributed by atoms with Crippen LogP contribution in [0.4, 0.5) is 17.1 Å². The van der Waals surface area contributed by atoms with Crippen molar-refractivity contribution in [3.05, 3.63) is 42.5 Å². The molecule has 1 unspecified atom stereocenters. The van der Waals surface area contributed by atoms with Gasteiger partial charge in [-0.1, -0.05) is 12.1 Å². The van der Waals surface area contributed by atoms with Gasteiger partial charge < -0.3 is 15.0 Å². The Hall–Kier alpha value is -3.11. The molecular formula is C23H28N4O5S. The number of sulfonamides is 1. The number of piperidine rings is 1. The first-order valence-electron chi connectivity index (χ1n) is 10.8. The summed E-state index contributed by atoms with van der Waals surface area (Å²) in [6, 6.07) is 11.4. The molecule has 2 aliphatic heterocycles. The molecule has 2 aliphatic rings. The number of nitrogens with zero attached hydrogens (tertiary/aromatic N) is 3. The molecule has 1 fully saturated rings. The maximum atomic E-state index is 13.4. The number of ether oxygens (including phenoxy) is 1. The lowest BCUT2D eigenvalue weighted by Gasteiger charge is -2.45. The second kappa shape index (κ2) is 9.03. The minimum Gasteiger partial charge on any atom is -0.495 e. The average Bonchev–Trinajstić information content (AvgIpc) is 2.81. The largest absolute Gasteiger partial charge is 0.495 e. The SMILES string of the molecule is COc1ccccc1NC(=O)CN1C(=O)C2CCCCN2c2ccc(S(=O)(=O)N(C)C)cc21. The van der Waals surface area contributed by atoms with Gasteiger partial charge in [-0.2, -0.15) is 0 Å². The third kappa shape index (κ3) is 4.28. The van der Waals surface area contributed by atoms with Gasteiger partial charge in [0.2, 0.25) is 21.8 Å². The number of anilines is 3. The van der Waals surface area contributed by atoms with E-state index in [2.05, 4.69) is 5.32 Å². The number of amides is 2. The van der Waals surface area contributed by atoms with Crippen LogP contribution in [0.25, 0.3) is 0 Å². The fraction of sp³-hybridized carbons (Fsp3) is 0.391. The molecular weight excluding hydrogens is 444 g/mol. The van der Waals surface area contributed by atoms with Gasteiger partial charge in [-0.05, 0) is 49.6 Å². The Labute approximate surface area is 194 Å². The van der Waals surface area contributed by atoms with Crippen LogP contribution >= 0.6 is 0 Å². The predicted molar refractivity (Wildman–Crippen MR) is 126 cm³/mol. The topological polar surface area (TPSA) is 99.3 Å². The normalized spacial score (nSPS) is 18.1. The molecule has 0 saturated carbocycles. The highest BCUT2D eigenvalue weighted by Gasteiger charge is 2.40. The Bertz CT molecular complexity index is 1180. The van der Waals surface area contributed by atoms with Crippen LogP contribution in [0.15, 0.2) is 47.4 Å². The molecule has 10 heteroatoms. The lowest BCUT2D eigenvalue weighted by Crippen LogP contribution is -2.56. The molecule has 9 nitrogen and oxygen atoms in total. The lowest BCUT2D eigenvalue weighted by atomic mass is 9.96. The summed E-state index contributed by atoms with van der Waals surface area (Å²) >= 11 is 0. The molecule has 2 aromatic carbocycles. The van der Waals surface area contributed by atoms with Crippen LogP contribution in [0.2, 0.25) is 0 Å². The van der Waals surface area contributed by atoms with Crippen LogP contribution in [-0.2, 0) is 19.6 Å². The quantitative estimate of drug-likeness (QED) is 0.693. The van der Waals surface area contributed by atoms with E-state index in [4.69, 9.17) is 4.74 Å². The van der Waals surface area contributed by atoms with E-state index >= 15 is 0 Å². The van der Waals surface area contributed by atoms with E-state index in [1.807, 2.05) is 4.90 Å². The minimum atomic E-state index is -3.71. The van der Waals surface area contributed by atoms with Gasteiger partial charge in [0.05, 0.1) is 29.1 Å². The number of hydrogen-bond donors (Lipinski definition) is 1. The maximum Gasteiger partial charge on any atom is 0.250 e. The van der Waals surface area contributed by atoms with Crippen LogP contribution in [-0.4, -0.2) is 64.9 Å². The number of rotatable bonds is 6. The highest BCUT2D eigenvalue weighted by Crippen LogP contribution is 2.41.